The number of hydrogen-bond acceptors (Lipinski definition) is 0. The van der Waals surface area contributed by atoms with Crippen LogP contribution in [-0.2, 0) is 0 Å². The fourth-order valence-electron chi connectivity index (χ4n) is 2.62. The lowest BCUT2D eigenvalue weighted by atomic mass is 9.83. The third-order valence-electron chi connectivity index (χ3n) is 3.44. The highest BCUT2D eigenvalue weighted by Gasteiger charge is 2.26. The summed E-state index contributed by atoms with van der Waals surface area (Å²) in [5.74, 6) is 0.843. The molecule has 15 heavy (non-hydrogen) atoms. The molecule has 1 aliphatic rings. The van der Waals surface area contributed by atoms with E-state index < -0.39 is 0 Å². The van der Waals surface area contributed by atoms with E-state index in [2.05, 4.69) is 53.5 Å². The zero-order chi connectivity index (χ0) is 10.7. The van der Waals surface area contributed by atoms with Crippen molar-refractivity contribution >= 4 is 31.2 Å². The minimum Gasteiger partial charge on any atom is -0.121 e. The third kappa shape index (κ3) is 2.74. The van der Waals surface area contributed by atoms with Gasteiger partial charge in [0.2, 0.25) is 0 Å². The lowest BCUT2D eigenvalue weighted by molar-refractivity contribution is 0.452. The summed E-state index contributed by atoms with van der Waals surface area (Å²) in [4.78, 5) is 0. The van der Waals surface area contributed by atoms with Crippen LogP contribution in [0.2, 0.25) is 0 Å². The Morgan fingerprint density at radius 2 is 1.93 bits per heavy atom. The molecule has 0 aromatic heterocycles. The van der Waals surface area contributed by atoms with Gasteiger partial charge in [-0.25, -0.2) is 0 Å². The number of benzene rings is 1. The summed E-state index contributed by atoms with van der Waals surface area (Å²) in [7, 11) is 1.11. The molecule has 1 aromatic carbocycles. The normalized spacial score (nSPS) is 27.3. The molecule has 3 atom stereocenters. The second kappa shape index (κ2) is 5.63. The van der Waals surface area contributed by atoms with Crippen molar-refractivity contribution in [2.75, 3.05) is 6.66 Å². The van der Waals surface area contributed by atoms with E-state index in [1.165, 1.54) is 29.3 Å². The Morgan fingerprint density at radius 1 is 1.20 bits per heavy atom. The molecule has 1 saturated carbocycles. The highest BCUT2D eigenvalue weighted by atomic mass is 127. The second-order valence-corrected chi connectivity index (χ2v) is 6.79. The highest BCUT2D eigenvalue weighted by Crippen LogP contribution is 2.42. The predicted octanol–water partition coefficient (Wildman–Crippen LogP) is 4.63. The van der Waals surface area contributed by atoms with E-state index >= 15 is 0 Å². The summed E-state index contributed by atoms with van der Waals surface area (Å²) < 4.78 is 1.46. The Labute approximate surface area is 108 Å². The lowest BCUT2D eigenvalue weighted by Gasteiger charge is -2.31. The van der Waals surface area contributed by atoms with Gasteiger partial charge >= 0.3 is 0 Å². The summed E-state index contributed by atoms with van der Waals surface area (Å²) in [6.45, 7) is 2.37. The van der Waals surface area contributed by atoms with Crippen molar-refractivity contribution in [2.45, 2.75) is 37.3 Å². The molecule has 0 nitrogen and oxygen atoms in total. The summed E-state index contributed by atoms with van der Waals surface area (Å²) in [6.07, 6.45) is 5.73. The van der Waals surface area contributed by atoms with Gasteiger partial charge in [-0.15, -0.1) is 8.58 Å². The first-order chi connectivity index (χ1) is 7.33. The van der Waals surface area contributed by atoms with E-state index in [-0.39, 0.29) is 0 Å². The molecular formula is C13H18IP. The van der Waals surface area contributed by atoms with E-state index in [1.54, 1.807) is 5.56 Å². The van der Waals surface area contributed by atoms with Crippen molar-refractivity contribution in [3.05, 3.63) is 33.4 Å². The third-order valence-corrected chi connectivity index (χ3v) is 5.86. The van der Waals surface area contributed by atoms with Crippen molar-refractivity contribution < 1.29 is 0 Å². The molecule has 2 heteroatoms. The highest BCUT2D eigenvalue weighted by molar-refractivity contribution is 14.1. The monoisotopic (exact) mass is 332 g/mol. The van der Waals surface area contributed by atoms with Crippen molar-refractivity contribution in [3.8, 4) is 0 Å². The van der Waals surface area contributed by atoms with Crippen LogP contribution < -0.4 is 0 Å². The van der Waals surface area contributed by atoms with Gasteiger partial charge in [-0.05, 0) is 65.3 Å². The topological polar surface area (TPSA) is 0 Å². The molecule has 0 heterocycles. The molecule has 82 valence electrons. The minimum atomic E-state index is 0.843. The molecule has 0 N–H and O–H groups in total. The summed E-state index contributed by atoms with van der Waals surface area (Å²) in [5.41, 5.74) is 2.56. The van der Waals surface area contributed by atoms with Crippen LogP contribution >= 0.6 is 31.2 Å². The van der Waals surface area contributed by atoms with Crippen LogP contribution in [-0.4, -0.2) is 12.3 Å². The first kappa shape index (κ1) is 11.9. The van der Waals surface area contributed by atoms with E-state index in [0.717, 1.165) is 20.2 Å². The van der Waals surface area contributed by atoms with Crippen molar-refractivity contribution in [1.82, 2.24) is 0 Å². The van der Waals surface area contributed by atoms with Crippen LogP contribution in [0.1, 0.15) is 37.2 Å². The van der Waals surface area contributed by atoms with Gasteiger partial charge in [0.15, 0.2) is 0 Å². The largest absolute Gasteiger partial charge is 0.121 e. The number of halogens is 1. The van der Waals surface area contributed by atoms with E-state index in [4.69, 9.17) is 0 Å². The molecule has 0 aliphatic heterocycles. The van der Waals surface area contributed by atoms with Crippen LogP contribution in [0.5, 0.6) is 0 Å². The quantitative estimate of drug-likeness (QED) is 0.547. The maximum Gasteiger partial charge on any atom is 0.0165 e. The van der Waals surface area contributed by atoms with Crippen molar-refractivity contribution in [3.63, 3.8) is 0 Å². The minimum absolute atomic E-state index is 0.843. The molecule has 0 saturated heterocycles. The molecule has 2 rings (SSSR count). The fourth-order valence-corrected chi connectivity index (χ4v) is 4.65. The van der Waals surface area contributed by atoms with Crippen molar-refractivity contribution in [2.24, 2.45) is 0 Å². The van der Waals surface area contributed by atoms with Gasteiger partial charge in [0.05, 0.1) is 0 Å². The molecule has 1 aromatic rings. The van der Waals surface area contributed by atoms with Gasteiger partial charge in [-0.1, -0.05) is 31.0 Å². The lowest BCUT2D eigenvalue weighted by Crippen LogP contribution is -2.19. The average molecular weight is 332 g/mol. The van der Waals surface area contributed by atoms with Gasteiger partial charge in [0.1, 0.15) is 0 Å². The molecule has 0 spiro atoms. The Morgan fingerprint density at radius 3 is 2.67 bits per heavy atom. The van der Waals surface area contributed by atoms with E-state index in [1.807, 2.05) is 0 Å². The van der Waals surface area contributed by atoms with Gasteiger partial charge in [0, 0.05) is 3.57 Å². The van der Waals surface area contributed by atoms with Crippen LogP contribution in [0.3, 0.4) is 0 Å². The summed E-state index contributed by atoms with van der Waals surface area (Å²) in [6, 6.07) is 8.94. The molecular weight excluding hydrogens is 314 g/mol. The van der Waals surface area contributed by atoms with E-state index in [9.17, 15) is 0 Å². The maximum atomic E-state index is 2.49. The van der Waals surface area contributed by atoms with Crippen molar-refractivity contribution in [1.29, 1.82) is 0 Å². The predicted molar refractivity (Wildman–Crippen MR) is 78.4 cm³/mol. The molecule has 3 unspecified atom stereocenters. The van der Waals surface area contributed by atoms with Gasteiger partial charge in [-0.3, -0.25) is 0 Å². The number of hydrogen-bond donors (Lipinski definition) is 0. The summed E-state index contributed by atoms with van der Waals surface area (Å²) >= 11 is 2.49. The molecule has 1 aliphatic carbocycles. The van der Waals surface area contributed by atoms with Gasteiger partial charge in [0.25, 0.3) is 0 Å². The zero-order valence-electron chi connectivity index (χ0n) is 9.17. The number of rotatable bonds is 2. The molecule has 0 bridgehead atoms. The Bertz CT molecular complexity index is 324. The molecule has 0 amide bonds. The fraction of sp³-hybridized carbons (Fsp3) is 0.538. The maximum absolute atomic E-state index is 2.49. The Hall–Kier alpha value is 0.380. The molecule has 1 fully saturated rings. The zero-order valence-corrected chi connectivity index (χ0v) is 12.3. The van der Waals surface area contributed by atoms with Crippen LogP contribution in [0, 0.1) is 3.57 Å². The second-order valence-electron chi connectivity index (χ2n) is 4.31. The van der Waals surface area contributed by atoms with Gasteiger partial charge in [-0.2, -0.15) is 0 Å². The first-order valence-corrected chi connectivity index (χ1v) is 8.40. The average Bonchev–Trinajstić information content (AvgIpc) is 2.30. The Balaban J connectivity index is 2.24. The van der Waals surface area contributed by atoms with Crippen LogP contribution in [0.4, 0.5) is 0 Å². The smallest absolute Gasteiger partial charge is 0.0165 e. The van der Waals surface area contributed by atoms with Crippen LogP contribution in [0.15, 0.2) is 24.3 Å². The Kier molecular flexibility index (Phi) is 4.45. The van der Waals surface area contributed by atoms with Crippen LogP contribution in [0.25, 0.3) is 0 Å². The standard InChI is InChI=1S/C13H18IP/c1-15-13-9-5-3-7-11(13)10-6-2-4-8-12(10)14/h2,4,6,8,11,13,15H,3,5,7,9H2,1H3. The van der Waals surface area contributed by atoms with E-state index in [0.29, 0.717) is 0 Å². The first-order valence-electron chi connectivity index (χ1n) is 5.74. The molecule has 0 radical (unpaired) electrons. The SMILES string of the molecule is CPC1CCCCC1c1ccccc1I. The summed E-state index contributed by atoms with van der Waals surface area (Å²) in [5, 5.41) is 0. The van der Waals surface area contributed by atoms with Gasteiger partial charge < -0.3 is 0 Å².